The van der Waals surface area contributed by atoms with Crippen molar-refractivity contribution in [1.82, 2.24) is 14.8 Å². The molecule has 1 aliphatic heterocycles. The van der Waals surface area contributed by atoms with E-state index < -0.39 is 5.97 Å². The Balaban J connectivity index is 1.26. The highest BCUT2D eigenvalue weighted by atomic mass is 16.5. The number of anilines is 2. The van der Waals surface area contributed by atoms with E-state index in [2.05, 4.69) is 15.2 Å². The van der Waals surface area contributed by atoms with Gasteiger partial charge in [-0.15, -0.1) is 0 Å². The summed E-state index contributed by atoms with van der Waals surface area (Å²) >= 11 is 0. The first-order valence-electron chi connectivity index (χ1n) is 12.9. The molecule has 0 saturated carbocycles. The molecule has 202 valence electrons. The molecule has 0 spiro atoms. The number of hydrogen-bond donors (Lipinski definition) is 2. The standard InChI is InChI=1S/C30H32N4O5/c1-19-6-4-5-7-25(19)31-30-32-26-13-8-20(14-27(26)39-30)15-28(35)34-17-22(33(2)3)16-23(34)18-38-24-11-9-21(10-12-24)29(36)37/h4-14,22-23H,15-18H2,1-3H3,(H,31,32)(H,36,37)/t22-,23-/m0/s1. The van der Waals surface area contributed by atoms with Crippen LogP contribution < -0.4 is 10.1 Å². The van der Waals surface area contributed by atoms with Gasteiger partial charge in [-0.25, -0.2) is 4.79 Å². The number of fused-ring (bicyclic) bond motifs is 1. The Labute approximate surface area is 227 Å². The summed E-state index contributed by atoms with van der Waals surface area (Å²) in [4.78, 5) is 33.1. The fourth-order valence-electron chi connectivity index (χ4n) is 4.85. The largest absolute Gasteiger partial charge is 0.491 e. The average Bonchev–Trinajstić information content (AvgIpc) is 3.53. The van der Waals surface area contributed by atoms with Crippen LogP contribution in [0.5, 0.6) is 5.75 Å². The van der Waals surface area contributed by atoms with Crippen molar-refractivity contribution in [3.8, 4) is 5.75 Å². The molecule has 2 heterocycles. The number of carbonyl (C=O) groups excluding carboxylic acids is 1. The van der Waals surface area contributed by atoms with E-state index in [1.165, 1.54) is 12.1 Å². The summed E-state index contributed by atoms with van der Waals surface area (Å²) in [5.74, 6) is -0.386. The van der Waals surface area contributed by atoms with Gasteiger partial charge >= 0.3 is 5.97 Å². The summed E-state index contributed by atoms with van der Waals surface area (Å²) in [5, 5.41) is 12.3. The Morgan fingerprint density at radius 1 is 1.13 bits per heavy atom. The van der Waals surface area contributed by atoms with Crippen LogP contribution in [0.2, 0.25) is 0 Å². The van der Waals surface area contributed by atoms with Gasteiger partial charge < -0.3 is 29.4 Å². The summed E-state index contributed by atoms with van der Waals surface area (Å²) in [7, 11) is 4.03. The predicted octanol–water partition coefficient (Wildman–Crippen LogP) is 4.73. The monoisotopic (exact) mass is 528 g/mol. The molecule has 1 saturated heterocycles. The molecular weight excluding hydrogens is 496 g/mol. The number of likely N-dealkylation sites (N-methyl/N-ethyl adjacent to an activating group) is 1. The lowest BCUT2D eigenvalue weighted by Gasteiger charge is -2.25. The molecule has 39 heavy (non-hydrogen) atoms. The van der Waals surface area contributed by atoms with Crippen molar-refractivity contribution in [2.45, 2.75) is 31.8 Å². The third-order valence-electron chi connectivity index (χ3n) is 7.18. The fourth-order valence-corrected chi connectivity index (χ4v) is 4.85. The zero-order valence-electron chi connectivity index (χ0n) is 22.3. The lowest BCUT2D eigenvalue weighted by atomic mass is 10.1. The number of aromatic carboxylic acids is 1. The van der Waals surface area contributed by atoms with E-state index in [-0.39, 0.29) is 30.0 Å². The number of nitrogens with zero attached hydrogens (tertiary/aromatic N) is 3. The second-order valence-electron chi connectivity index (χ2n) is 10.1. The van der Waals surface area contributed by atoms with Crippen molar-refractivity contribution in [2.24, 2.45) is 0 Å². The maximum absolute atomic E-state index is 13.5. The Hall–Kier alpha value is -4.37. The van der Waals surface area contributed by atoms with E-state index in [9.17, 15) is 9.59 Å². The van der Waals surface area contributed by atoms with E-state index in [0.29, 0.717) is 30.5 Å². The molecule has 0 radical (unpaired) electrons. The van der Waals surface area contributed by atoms with Crippen LogP contribution in [0.4, 0.5) is 11.7 Å². The molecule has 3 aromatic carbocycles. The predicted molar refractivity (Wildman–Crippen MR) is 149 cm³/mol. The first-order valence-corrected chi connectivity index (χ1v) is 12.9. The molecule has 4 aromatic rings. The number of nitrogens with one attached hydrogen (secondary N) is 1. The van der Waals surface area contributed by atoms with Crippen LogP contribution in [0.1, 0.15) is 27.9 Å². The van der Waals surface area contributed by atoms with Crippen LogP contribution in [0.15, 0.2) is 71.1 Å². The van der Waals surface area contributed by atoms with Gasteiger partial charge in [0.15, 0.2) is 5.58 Å². The van der Waals surface area contributed by atoms with Gasteiger partial charge in [0, 0.05) is 18.3 Å². The van der Waals surface area contributed by atoms with Gasteiger partial charge in [-0.1, -0.05) is 24.3 Å². The average molecular weight is 529 g/mol. The first kappa shape index (κ1) is 26.2. The normalized spacial score (nSPS) is 17.1. The summed E-state index contributed by atoms with van der Waals surface area (Å²) in [5.41, 5.74) is 4.40. The Morgan fingerprint density at radius 2 is 1.90 bits per heavy atom. The van der Waals surface area contributed by atoms with Crippen LogP contribution in [0.3, 0.4) is 0 Å². The van der Waals surface area contributed by atoms with Crippen LogP contribution >= 0.6 is 0 Å². The summed E-state index contributed by atoms with van der Waals surface area (Å²) in [6.07, 6.45) is 1.03. The SMILES string of the molecule is Cc1ccccc1Nc1nc2ccc(CC(=O)N3C[C@@H](N(C)C)C[C@H]3COc3ccc(C(=O)O)cc3)cc2o1. The van der Waals surface area contributed by atoms with Gasteiger partial charge in [0.25, 0.3) is 6.01 Å². The second kappa shape index (κ2) is 11.2. The highest BCUT2D eigenvalue weighted by Gasteiger charge is 2.36. The third-order valence-corrected chi connectivity index (χ3v) is 7.18. The number of hydrogen-bond acceptors (Lipinski definition) is 7. The molecular formula is C30H32N4O5. The Bertz CT molecular complexity index is 1480. The molecule has 1 amide bonds. The number of benzene rings is 3. The fraction of sp³-hybridized carbons (Fsp3) is 0.300. The minimum absolute atomic E-state index is 0.0197. The summed E-state index contributed by atoms with van der Waals surface area (Å²) in [6.45, 7) is 2.96. The smallest absolute Gasteiger partial charge is 0.335 e. The molecule has 1 aromatic heterocycles. The van der Waals surface area contributed by atoms with Crippen molar-refractivity contribution in [3.63, 3.8) is 0 Å². The minimum atomic E-state index is -0.981. The molecule has 5 rings (SSSR count). The Kier molecular flexibility index (Phi) is 7.51. The second-order valence-corrected chi connectivity index (χ2v) is 10.1. The van der Waals surface area contributed by atoms with Gasteiger partial charge in [-0.05, 0) is 81.0 Å². The number of aromatic nitrogens is 1. The number of carboxylic acid groups (broad SMARTS) is 1. The van der Waals surface area contributed by atoms with Crippen LogP contribution in [0.25, 0.3) is 11.1 Å². The van der Waals surface area contributed by atoms with Crippen LogP contribution in [-0.2, 0) is 11.2 Å². The molecule has 2 N–H and O–H groups in total. The molecule has 0 bridgehead atoms. The molecule has 2 atom stereocenters. The summed E-state index contributed by atoms with van der Waals surface area (Å²) in [6, 6.07) is 20.4. The van der Waals surface area contributed by atoms with Gasteiger partial charge in [-0.3, -0.25) is 4.79 Å². The van der Waals surface area contributed by atoms with Crippen molar-refractivity contribution >= 4 is 34.7 Å². The number of rotatable bonds is 9. The first-order chi connectivity index (χ1) is 18.8. The van der Waals surface area contributed by atoms with Crippen LogP contribution in [-0.4, -0.2) is 71.1 Å². The topological polar surface area (TPSA) is 108 Å². The number of ether oxygens (including phenoxy) is 1. The van der Waals surface area contributed by atoms with Gasteiger partial charge in [-0.2, -0.15) is 4.98 Å². The van der Waals surface area contributed by atoms with E-state index >= 15 is 0 Å². The zero-order chi connectivity index (χ0) is 27.5. The van der Waals surface area contributed by atoms with Crippen molar-refractivity contribution in [2.75, 3.05) is 32.6 Å². The van der Waals surface area contributed by atoms with Gasteiger partial charge in [0.2, 0.25) is 5.91 Å². The highest BCUT2D eigenvalue weighted by Crippen LogP contribution is 2.27. The van der Waals surface area contributed by atoms with Crippen molar-refractivity contribution < 1.29 is 23.8 Å². The third kappa shape index (κ3) is 6.04. The van der Waals surface area contributed by atoms with Gasteiger partial charge in [0.1, 0.15) is 17.9 Å². The Morgan fingerprint density at radius 3 is 2.62 bits per heavy atom. The minimum Gasteiger partial charge on any atom is -0.491 e. The van der Waals surface area contributed by atoms with Crippen molar-refractivity contribution in [1.29, 1.82) is 0 Å². The van der Waals surface area contributed by atoms with Gasteiger partial charge in [0.05, 0.1) is 18.0 Å². The number of aryl methyl sites for hydroxylation is 1. The van der Waals surface area contributed by atoms with E-state index in [1.54, 1.807) is 12.1 Å². The maximum Gasteiger partial charge on any atom is 0.335 e. The van der Waals surface area contributed by atoms with E-state index in [4.69, 9.17) is 14.3 Å². The molecule has 1 fully saturated rings. The maximum atomic E-state index is 13.5. The van der Waals surface area contributed by atoms with E-state index in [1.807, 2.05) is 68.4 Å². The van der Waals surface area contributed by atoms with E-state index in [0.717, 1.165) is 28.8 Å². The summed E-state index contributed by atoms with van der Waals surface area (Å²) < 4.78 is 11.9. The molecule has 9 nitrogen and oxygen atoms in total. The number of carboxylic acids is 1. The van der Waals surface area contributed by atoms with Crippen molar-refractivity contribution in [3.05, 3.63) is 83.4 Å². The van der Waals surface area contributed by atoms with Crippen LogP contribution in [0, 0.1) is 6.92 Å². The number of para-hydroxylation sites is 1. The molecule has 9 heteroatoms. The lowest BCUT2D eigenvalue weighted by Crippen LogP contribution is -2.40. The number of carbonyl (C=O) groups is 2. The quantitative estimate of drug-likeness (QED) is 0.321. The lowest BCUT2D eigenvalue weighted by molar-refractivity contribution is -0.131. The molecule has 1 aliphatic rings. The highest BCUT2D eigenvalue weighted by molar-refractivity contribution is 5.87. The molecule has 0 unspecified atom stereocenters. The number of likely N-dealkylation sites (tertiary alicyclic amines) is 1. The zero-order valence-corrected chi connectivity index (χ0v) is 22.3. The number of oxazole rings is 1. The molecule has 0 aliphatic carbocycles. The number of amides is 1.